The van der Waals surface area contributed by atoms with Crippen molar-refractivity contribution in [3.8, 4) is 0 Å². The highest BCUT2D eigenvalue weighted by atomic mass is 19.1. The summed E-state index contributed by atoms with van der Waals surface area (Å²) in [5.74, 6) is -2.09. The van der Waals surface area contributed by atoms with Gasteiger partial charge in [-0.1, -0.05) is 31.2 Å². The van der Waals surface area contributed by atoms with Crippen molar-refractivity contribution in [3.63, 3.8) is 0 Å². The third-order valence-corrected chi connectivity index (χ3v) is 5.47. The zero-order valence-electron chi connectivity index (χ0n) is 19.2. The zero-order valence-corrected chi connectivity index (χ0v) is 19.2. The maximum atomic E-state index is 13.7. The number of aryl methyl sites for hydroxylation is 2. The highest BCUT2D eigenvalue weighted by Crippen LogP contribution is 2.13. The van der Waals surface area contributed by atoms with Crippen molar-refractivity contribution in [1.29, 1.82) is 0 Å². The molecule has 180 valence electrons. The normalized spacial score (nSPS) is 12.9. The SMILES string of the molecule is CCc1cccc(CNCC(O)C(Cc2cc(F)cc(F)c2)NC(=O)c2cc(C)cc(=O)[nH]2)c1. The number of hydrogen-bond acceptors (Lipinski definition) is 4. The fourth-order valence-corrected chi connectivity index (χ4v) is 3.78. The molecule has 0 bridgehead atoms. The number of nitrogens with one attached hydrogen (secondary N) is 3. The lowest BCUT2D eigenvalue weighted by Crippen LogP contribution is -2.49. The number of rotatable bonds is 10. The molecule has 1 amide bonds. The van der Waals surface area contributed by atoms with Gasteiger partial charge in [0.05, 0.1) is 12.1 Å². The molecule has 0 radical (unpaired) electrons. The average molecular weight is 470 g/mol. The van der Waals surface area contributed by atoms with Gasteiger partial charge in [-0.15, -0.1) is 0 Å². The number of pyridine rings is 1. The second-order valence-corrected chi connectivity index (χ2v) is 8.37. The molecular formula is C26H29F2N3O3. The Bertz CT molecular complexity index is 1180. The van der Waals surface area contributed by atoms with E-state index in [4.69, 9.17) is 0 Å². The summed E-state index contributed by atoms with van der Waals surface area (Å²) in [5.41, 5.74) is 2.76. The van der Waals surface area contributed by atoms with Crippen LogP contribution in [0, 0.1) is 18.6 Å². The molecule has 0 saturated carbocycles. The fraction of sp³-hybridized carbons (Fsp3) is 0.308. The topological polar surface area (TPSA) is 94.2 Å². The number of benzene rings is 2. The molecule has 0 aliphatic carbocycles. The van der Waals surface area contributed by atoms with Crippen LogP contribution in [0.1, 0.15) is 39.7 Å². The van der Waals surface area contributed by atoms with Crippen LogP contribution >= 0.6 is 0 Å². The van der Waals surface area contributed by atoms with Crippen LogP contribution in [0.2, 0.25) is 0 Å². The third-order valence-electron chi connectivity index (χ3n) is 5.47. The maximum Gasteiger partial charge on any atom is 0.268 e. The summed E-state index contributed by atoms with van der Waals surface area (Å²) in [6.45, 7) is 4.39. The number of amides is 1. The monoisotopic (exact) mass is 469 g/mol. The van der Waals surface area contributed by atoms with E-state index in [1.165, 1.54) is 17.7 Å². The number of carbonyl (C=O) groups is 1. The Morgan fingerprint density at radius 3 is 2.41 bits per heavy atom. The van der Waals surface area contributed by atoms with E-state index in [1.807, 2.05) is 18.2 Å². The standard InChI is InChI=1S/C26H29F2N3O3/c1-3-17-5-4-6-18(9-17)14-29-15-24(32)22(12-19-10-20(27)13-21(28)11-19)31-26(34)23-7-16(2)8-25(33)30-23/h4-11,13,22,24,29,32H,3,12,14-15H2,1-2H3,(H,30,33)(H,31,34). The van der Waals surface area contributed by atoms with E-state index >= 15 is 0 Å². The van der Waals surface area contributed by atoms with Gasteiger partial charge in [0.25, 0.3) is 5.91 Å². The summed E-state index contributed by atoms with van der Waals surface area (Å²) in [7, 11) is 0. The van der Waals surface area contributed by atoms with Gasteiger partial charge in [-0.3, -0.25) is 9.59 Å². The van der Waals surface area contributed by atoms with Gasteiger partial charge in [0, 0.05) is 25.2 Å². The van der Waals surface area contributed by atoms with Crippen LogP contribution in [0.15, 0.2) is 59.4 Å². The smallest absolute Gasteiger partial charge is 0.268 e. The summed E-state index contributed by atoms with van der Waals surface area (Å²) in [5, 5.41) is 16.7. The largest absolute Gasteiger partial charge is 0.390 e. The second-order valence-electron chi connectivity index (χ2n) is 8.37. The number of hydrogen-bond donors (Lipinski definition) is 4. The van der Waals surface area contributed by atoms with Gasteiger partial charge in [-0.2, -0.15) is 0 Å². The third kappa shape index (κ3) is 7.33. The Balaban J connectivity index is 1.73. The molecule has 0 saturated heterocycles. The first kappa shape index (κ1) is 25.3. The molecule has 3 aromatic rings. The fourth-order valence-electron chi connectivity index (χ4n) is 3.78. The molecule has 0 spiro atoms. The van der Waals surface area contributed by atoms with E-state index in [0.717, 1.165) is 30.2 Å². The summed E-state index contributed by atoms with van der Waals surface area (Å²) >= 11 is 0. The molecule has 1 aromatic heterocycles. The van der Waals surface area contributed by atoms with Crippen molar-refractivity contribution >= 4 is 5.91 Å². The molecule has 0 aliphatic heterocycles. The first-order chi connectivity index (χ1) is 16.2. The summed E-state index contributed by atoms with van der Waals surface area (Å²) < 4.78 is 27.4. The van der Waals surface area contributed by atoms with Crippen LogP contribution < -0.4 is 16.2 Å². The predicted octanol–water partition coefficient (Wildman–Crippen LogP) is 3.02. The van der Waals surface area contributed by atoms with Gasteiger partial charge in [-0.05, 0) is 60.2 Å². The first-order valence-electron chi connectivity index (χ1n) is 11.2. The summed E-state index contributed by atoms with van der Waals surface area (Å²) in [6.07, 6.45) is -0.165. The molecule has 4 N–H and O–H groups in total. The number of aliphatic hydroxyl groups is 1. The van der Waals surface area contributed by atoms with Gasteiger partial charge >= 0.3 is 0 Å². The van der Waals surface area contributed by atoms with Crippen LogP contribution in [-0.4, -0.2) is 34.7 Å². The molecule has 6 nitrogen and oxygen atoms in total. The molecule has 2 unspecified atom stereocenters. The van der Waals surface area contributed by atoms with Gasteiger partial charge in [0.1, 0.15) is 17.3 Å². The Labute approximate surface area is 197 Å². The summed E-state index contributed by atoms with van der Waals surface area (Å²) in [4.78, 5) is 27.0. The number of aromatic amines is 1. The average Bonchev–Trinajstić information content (AvgIpc) is 2.77. The molecule has 0 aliphatic rings. The van der Waals surface area contributed by atoms with E-state index in [9.17, 15) is 23.5 Å². The lowest BCUT2D eigenvalue weighted by atomic mass is 10.00. The summed E-state index contributed by atoms with van der Waals surface area (Å²) in [6, 6.07) is 13.1. The van der Waals surface area contributed by atoms with Crippen molar-refractivity contribution < 1.29 is 18.7 Å². The molecule has 34 heavy (non-hydrogen) atoms. The molecule has 2 atom stereocenters. The number of aliphatic hydroxyl groups excluding tert-OH is 1. The van der Waals surface area contributed by atoms with E-state index in [2.05, 4.69) is 28.6 Å². The van der Waals surface area contributed by atoms with E-state index in [1.54, 1.807) is 6.92 Å². The van der Waals surface area contributed by atoms with Crippen LogP contribution in [0.25, 0.3) is 0 Å². The molecule has 8 heteroatoms. The Kier molecular flexibility index (Phi) is 8.67. The maximum absolute atomic E-state index is 13.7. The minimum atomic E-state index is -1.07. The minimum Gasteiger partial charge on any atom is -0.390 e. The Morgan fingerprint density at radius 2 is 1.74 bits per heavy atom. The van der Waals surface area contributed by atoms with Crippen molar-refractivity contribution in [1.82, 2.24) is 15.6 Å². The predicted molar refractivity (Wildman–Crippen MR) is 127 cm³/mol. The number of halogens is 2. The quantitative estimate of drug-likeness (QED) is 0.367. The molecule has 3 rings (SSSR count). The van der Waals surface area contributed by atoms with Crippen molar-refractivity contribution in [2.75, 3.05) is 6.54 Å². The van der Waals surface area contributed by atoms with Crippen LogP contribution in [-0.2, 0) is 19.4 Å². The number of aromatic nitrogens is 1. The highest BCUT2D eigenvalue weighted by molar-refractivity contribution is 5.92. The molecule has 1 heterocycles. The molecule has 2 aromatic carbocycles. The second kappa shape index (κ2) is 11.7. The van der Waals surface area contributed by atoms with E-state index < -0.39 is 35.2 Å². The Morgan fingerprint density at radius 1 is 1.03 bits per heavy atom. The van der Waals surface area contributed by atoms with Gasteiger partial charge in [-0.25, -0.2) is 8.78 Å². The number of carbonyl (C=O) groups excluding carboxylic acids is 1. The van der Waals surface area contributed by atoms with Crippen LogP contribution in [0.4, 0.5) is 8.78 Å². The van der Waals surface area contributed by atoms with Gasteiger partial charge in [0.2, 0.25) is 5.56 Å². The minimum absolute atomic E-state index is 0.00929. The molecular weight excluding hydrogens is 440 g/mol. The van der Waals surface area contributed by atoms with Gasteiger partial charge < -0.3 is 20.7 Å². The number of H-pyrrole nitrogens is 1. The lowest BCUT2D eigenvalue weighted by Gasteiger charge is -2.25. The highest BCUT2D eigenvalue weighted by Gasteiger charge is 2.23. The van der Waals surface area contributed by atoms with Crippen LogP contribution in [0.3, 0.4) is 0 Å². The van der Waals surface area contributed by atoms with Crippen molar-refractivity contribution in [3.05, 3.63) is 105 Å². The van der Waals surface area contributed by atoms with Crippen molar-refractivity contribution in [2.45, 2.75) is 45.4 Å². The lowest BCUT2D eigenvalue weighted by molar-refractivity contribution is 0.0825. The molecule has 0 fully saturated rings. The van der Waals surface area contributed by atoms with Gasteiger partial charge in [0.15, 0.2) is 0 Å². The zero-order chi connectivity index (χ0) is 24.7. The van der Waals surface area contributed by atoms with E-state index in [0.29, 0.717) is 12.1 Å². The Hall–Kier alpha value is -3.36. The van der Waals surface area contributed by atoms with E-state index in [-0.39, 0.29) is 24.2 Å². The van der Waals surface area contributed by atoms with Crippen LogP contribution in [0.5, 0.6) is 0 Å². The first-order valence-corrected chi connectivity index (χ1v) is 11.2. The van der Waals surface area contributed by atoms with Crippen molar-refractivity contribution in [2.24, 2.45) is 0 Å².